The van der Waals surface area contributed by atoms with Crippen molar-refractivity contribution in [3.8, 4) is 0 Å². The molecular weight excluding hydrogens is 267 g/mol. The molecule has 0 radical (unpaired) electrons. The molecule has 0 amide bonds. The van der Waals surface area contributed by atoms with Crippen LogP contribution in [0.4, 0.5) is 18.9 Å². The van der Waals surface area contributed by atoms with Crippen LogP contribution in [0.15, 0.2) is 24.3 Å². The molecule has 0 spiro atoms. The summed E-state index contributed by atoms with van der Waals surface area (Å²) in [6.45, 7) is 4.93. The van der Waals surface area contributed by atoms with Crippen LogP contribution in [0.3, 0.4) is 0 Å². The summed E-state index contributed by atoms with van der Waals surface area (Å²) in [5.74, 6) is 0.451. The number of hydrogen-bond donors (Lipinski definition) is 1. The Morgan fingerprint density at radius 1 is 1.20 bits per heavy atom. The van der Waals surface area contributed by atoms with Crippen LogP contribution in [0, 0.1) is 5.92 Å². The molecule has 0 bridgehead atoms. The first-order chi connectivity index (χ1) is 9.36. The van der Waals surface area contributed by atoms with Crippen LogP contribution in [0.25, 0.3) is 0 Å². The van der Waals surface area contributed by atoms with Crippen molar-refractivity contribution in [3.05, 3.63) is 29.8 Å². The smallest absolute Gasteiger partial charge is 0.382 e. The van der Waals surface area contributed by atoms with Gasteiger partial charge < -0.3 is 10.1 Å². The standard InChI is InChI=1S/C15H20F3NO/c1-10(2)14-9-13(7-8-20-14)19-12-5-3-11(4-6-12)15(16,17)18/h3-6,10,13-14,19H,7-9H2,1-2H3. The first-order valence-corrected chi connectivity index (χ1v) is 6.91. The first-order valence-electron chi connectivity index (χ1n) is 6.91. The van der Waals surface area contributed by atoms with E-state index in [4.69, 9.17) is 4.74 Å². The van der Waals surface area contributed by atoms with Gasteiger partial charge in [-0.2, -0.15) is 13.2 Å². The van der Waals surface area contributed by atoms with Gasteiger partial charge in [-0.15, -0.1) is 0 Å². The Kier molecular flexibility index (Phi) is 4.58. The molecule has 1 aromatic carbocycles. The Morgan fingerprint density at radius 2 is 1.85 bits per heavy atom. The van der Waals surface area contributed by atoms with Gasteiger partial charge in [-0.1, -0.05) is 13.8 Å². The lowest BCUT2D eigenvalue weighted by atomic mass is 9.95. The molecule has 2 rings (SSSR count). The highest BCUT2D eigenvalue weighted by Crippen LogP contribution is 2.30. The number of anilines is 1. The number of halogens is 3. The van der Waals surface area contributed by atoms with Crippen LogP contribution in [0.1, 0.15) is 32.3 Å². The van der Waals surface area contributed by atoms with Crippen molar-refractivity contribution in [3.63, 3.8) is 0 Å². The Bertz CT molecular complexity index is 428. The van der Waals surface area contributed by atoms with E-state index in [2.05, 4.69) is 19.2 Å². The second-order valence-electron chi connectivity index (χ2n) is 5.59. The molecule has 1 aliphatic rings. The third kappa shape index (κ3) is 3.88. The van der Waals surface area contributed by atoms with Crippen LogP contribution in [0.5, 0.6) is 0 Å². The molecule has 2 atom stereocenters. The molecule has 1 aliphatic heterocycles. The highest BCUT2D eigenvalue weighted by Gasteiger charge is 2.30. The molecule has 0 aromatic heterocycles. The van der Waals surface area contributed by atoms with Crippen molar-refractivity contribution in [2.24, 2.45) is 5.92 Å². The van der Waals surface area contributed by atoms with Crippen LogP contribution >= 0.6 is 0 Å². The lowest BCUT2D eigenvalue weighted by Crippen LogP contribution is -2.36. The van der Waals surface area contributed by atoms with Gasteiger partial charge in [0.1, 0.15) is 0 Å². The molecule has 1 heterocycles. The summed E-state index contributed by atoms with van der Waals surface area (Å²) in [5.41, 5.74) is 0.113. The van der Waals surface area contributed by atoms with Gasteiger partial charge >= 0.3 is 6.18 Å². The predicted molar refractivity (Wildman–Crippen MR) is 72.7 cm³/mol. The van der Waals surface area contributed by atoms with Crippen LogP contribution in [0.2, 0.25) is 0 Å². The van der Waals surface area contributed by atoms with E-state index >= 15 is 0 Å². The van der Waals surface area contributed by atoms with E-state index in [1.807, 2.05) is 0 Å². The van der Waals surface area contributed by atoms with Crippen molar-refractivity contribution in [1.82, 2.24) is 0 Å². The topological polar surface area (TPSA) is 21.3 Å². The summed E-state index contributed by atoms with van der Waals surface area (Å²) in [5, 5.41) is 3.30. The van der Waals surface area contributed by atoms with E-state index in [-0.39, 0.29) is 12.1 Å². The second kappa shape index (κ2) is 6.04. The second-order valence-corrected chi connectivity index (χ2v) is 5.59. The van der Waals surface area contributed by atoms with Gasteiger partial charge in [0.15, 0.2) is 0 Å². The number of nitrogens with one attached hydrogen (secondary N) is 1. The minimum atomic E-state index is -4.28. The molecule has 2 nitrogen and oxygen atoms in total. The van der Waals surface area contributed by atoms with Crippen LogP contribution < -0.4 is 5.32 Å². The number of alkyl halides is 3. The van der Waals surface area contributed by atoms with Crippen molar-refractivity contribution >= 4 is 5.69 Å². The predicted octanol–water partition coefficient (Wildman–Crippen LogP) is 4.32. The minimum absolute atomic E-state index is 0.218. The molecule has 20 heavy (non-hydrogen) atoms. The fourth-order valence-corrected chi connectivity index (χ4v) is 2.41. The maximum Gasteiger partial charge on any atom is 0.416 e. The van der Waals surface area contributed by atoms with Crippen molar-refractivity contribution in [2.75, 3.05) is 11.9 Å². The van der Waals surface area contributed by atoms with E-state index in [1.54, 1.807) is 0 Å². The quantitative estimate of drug-likeness (QED) is 0.894. The molecule has 0 aliphatic carbocycles. The Balaban J connectivity index is 1.96. The van der Waals surface area contributed by atoms with E-state index in [9.17, 15) is 13.2 Å². The normalized spacial score (nSPS) is 23.9. The molecule has 1 saturated heterocycles. The maximum absolute atomic E-state index is 12.5. The molecular formula is C15H20F3NO. The Labute approximate surface area is 117 Å². The summed E-state index contributed by atoms with van der Waals surface area (Å²) >= 11 is 0. The monoisotopic (exact) mass is 287 g/mol. The first kappa shape index (κ1) is 15.2. The van der Waals surface area contributed by atoms with Gasteiger partial charge in [0.05, 0.1) is 11.7 Å². The fraction of sp³-hybridized carbons (Fsp3) is 0.600. The third-order valence-corrected chi connectivity index (χ3v) is 3.64. The molecule has 1 N–H and O–H groups in total. The molecule has 1 fully saturated rings. The summed E-state index contributed by atoms with van der Waals surface area (Å²) in [6.07, 6.45) is -2.29. The lowest BCUT2D eigenvalue weighted by molar-refractivity contribution is -0.137. The van der Waals surface area contributed by atoms with Gasteiger partial charge in [-0.25, -0.2) is 0 Å². The zero-order chi connectivity index (χ0) is 14.8. The molecule has 5 heteroatoms. The fourth-order valence-electron chi connectivity index (χ4n) is 2.41. The van der Waals surface area contributed by atoms with E-state index in [1.165, 1.54) is 12.1 Å². The average molecular weight is 287 g/mol. The van der Waals surface area contributed by atoms with E-state index in [0.717, 1.165) is 30.7 Å². The number of hydrogen-bond acceptors (Lipinski definition) is 2. The van der Waals surface area contributed by atoms with E-state index in [0.29, 0.717) is 12.5 Å². The van der Waals surface area contributed by atoms with Crippen molar-refractivity contribution in [1.29, 1.82) is 0 Å². The van der Waals surface area contributed by atoms with Crippen molar-refractivity contribution in [2.45, 2.75) is 45.0 Å². The van der Waals surface area contributed by atoms with Gasteiger partial charge in [0.2, 0.25) is 0 Å². The molecule has 2 unspecified atom stereocenters. The summed E-state index contributed by atoms with van der Waals surface area (Å²) < 4.78 is 43.1. The zero-order valence-electron chi connectivity index (χ0n) is 11.7. The number of ether oxygens (including phenoxy) is 1. The molecule has 112 valence electrons. The Hall–Kier alpha value is -1.23. The maximum atomic E-state index is 12.5. The lowest BCUT2D eigenvalue weighted by Gasteiger charge is -2.33. The Morgan fingerprint density at radius 3 is 2.40 bits per heavy atom. The molecule has 1 aromatic rings. The van der Waals surface area contributed by atoms with E-state index < -0.39 is 11.7 Å². The van der Waals surface area contributed by atoms with Crippen molar-refractivity contribution < 1.29 is 17.9 Å². The summed E-state index contributed by atoms with van der Waals surface area (Å²) in [6, 6.07) is 5.46. The third-order valence-electron chi connectivity index (χ3n) is 3.64. The average Bonchev–Trinajstić information content (AvgIpc) is 2.38. The van der Waals surface area contributed by atoms with Crippen LogP contribution in [-0.2, 0) is 10.9 Å². The number of rotatable bonds is 3. The summed E-state index contributed by atoms with van der Waals surface area (Å²) in [7, 11) is 0. The minimum Gasteiger partial charge on any atom is -0.382 e. The SMILES string of the molecule is CC(C)C1CC(Nc2ccc(C(F)(F)F)cc2)CCO1. The van der Waals surface area contributed by atoms with Gasteiger partial charge in [-0.05, 0) is 43.0 Å². The highest BCUT2D eigenvalue weighted by atomic mass is 19.4. The summed E-state index contributed by atoms with van der Waals surface area (Å²) in [4.78, 5) is 0. The van der Waals surface area contributed by atoms with Gasteiger partial charge in [-0.3, -0.25) is 0 Å². The highest BCUT2D eigenvalue weighted by molar-refractivity contribution is 5.46. The van der Waals surface area contributed by atoms with Gasteiger partial charge in [0, 0.05) is 18.3 Å². The number of benzene rings is 1. The van der Waals surface area contributed by atoms with Gasteiger partial charge in [0.25, 0.3) is 0 Å². The zero-order valence-corrected chi connectivity index (χ0v) is 11.7. The van der Waals surface area contributed by atoms with Crippen LogP contribution in [-0.4, -0.2) is 18.8 Å². The molecule has 0 saturated carbocycles. The largest absolute Gasteiger partial charge is 0.416 e.